The summed E-state index contributed by atoms with van der Waals surface area (Å²) >= 11 is 1.63. The van der Waals surface area contributed by atoms with E-state index in [2.05, 4.69) is 10.3 Å². The molecule has 0 saturated heterocycles. The second-order valence-corrected chi connectivity index (χ2v) is 5.90. The Labute approximate surface area is 127 Å². The van der Waals surface area contributed by atoms with Gasteiger partial charge in [0, 0.05) is 24.3 Å². The minimum Gasteiger partial charge on any atom is -0.368 e. The largest absolute Gasteiger partial charge is 0.368 e. The van der Waals surface area contributed by atoms with Gasteiger partial charge in [-0.15, -0.1) is 11.3 Å². The number of para-hydroxylation sites is 1. The van der Waals surface area contributed by atoms with Gasteiger partial charge in [-0.05, 0) is 30.0 Å². The van der Waals surface area contributed by atoms with Crippen molar-refractivity contribution in [2.75, 3.05) is 5.32 Å². The minimum absolute atomic E-state index is 0.166. The van der Waals surface area contributed by atoms with Crippen LogP contribution in [0.25, 0.3) is 0 Å². The number of imidazole rings is 1. The lowest BCUT2D eigenvalue weighted by atomic mass is 10.1. The molecule has 2 heterocycles. The summed E-state index contributed by atoms with van der Waals surface area (Å²) in [5.74, 6) is 0.617. The van der Waals surface area contributed by atoms with Gasteiger partial charge in [0.2, 0.25) is 0 Å². The van der Waals surface area contributed by atoms with E-state index in [1.54, 1.807) is 23.6 Å². The zero-order valence-corrected chi connectivity index (χ0v) is 12.7. The van der Waals surface area contributed by atoms with Crippen molar-refractivity contribution in [3.63, 3.8) is 0 Å². The summed E-state index contributed by atoms with van der Waals surface area (Å²) in [4.78, 5) is 5.52. The fourth-order valence-electron chi connectivity index (χ4n) is 2.33. The van der Waals surface area contributed by atoms with E-state index in [4.69, 9.17) is 0 Å². The summed E-state index contributed by atoms with van der Waals surface area (Å²) in [6.45, 7) is 1.90. The molecular formula is C16H16FN3S. The molecule has 3 aromatic rings. The first kappa shape index (κ1) is 13.8. The highest BCUT2D eigenvalue weighted by Gasteiger charge is 2.21. The number of rotatable bonds is 4. The molecule has 0 fully saturated rings. The second kappa shape index (κ2) is 5.69. The van der Waals surface area contributed by atoms with E-state index in [-0.39, 0.29) is 11.9 Å². The Morgan fingerprint density at radius 3 is 2.76 bits per heavy atom. The van der Waals surface area contributed by atoms with Gasteiger partial charge in [0.1, 0.15) is 17.7 Å². The van der Waals surface area contributed by atoms with Crippen LogP contribution in [0.5, 0.6) is 0 Å². The van der Waals surface area contributed by atoms with Gasteiger partial charge in [-0.25, -0.2) is 9.37 Å². The molecule has 2 aromatic heterocycles. The van der Waals surface area contributed by atoms with Gasteiger partial charge in [0.15, 0.2) is 0 Å². The number of nitrogens with zero attached hydrogens (tertiary/aromatic N) is 2. The van der Waals surface area contributed by atoms with E-state index in [1.807, 2.05) is 48.3 Å². The van der Waals surface area contributed by atoms with Gasteiger partial charge in [-0.2, -0.15) is 0 Å². The predicted octanol–water partition coefficient (Wildman–Crippen LogP) is 4.13. The Morgan fingerprint density at radius 2 is 2.14 bits per heavy atom. The SMILES string of the molecule is Cc1cccc(F)c1NC(c1cccs1)c1nccn1C. The van der Waals surface area contributed by atoms with Crippen LogP contribution in [0.1, 0.15) is 22.3 Å². The van der Waals surface area contributed by atoms with Gasteiger partial charge in [0.05, 0.1) is 5.69 Å². The third-order valence-corrected chi connectivity index (χ3v) is 4.39. The van der Waals surface area contributed by atoms with Crippen LogP contribution in [-0.4, -0.2) is 9.55 Å². The third-order valence-electron chi connectivity index (χ3n) is 3.45. The molecule has 0 radical (unpaired) electrons. The molecular weight excluding hydrogens is 285 g/mol. The van der Waals surface area contributed by atoms with Crippen molar-refractivity contribution < 1.29 is 4.39 Å². The topological polar surface area (TPSA) is 29.9 Å². The number of benzene rings is 1. The van der Waals surface area contributed by atoms with Crippen molar-refractivity contribution in [1.29, 1.82) is 0 Å². The Kier molecular flexibility index (Phi) is 3.75. The standard InChI is InChI=1S/C16H16FN3S/c1-11-5-3-6-12(17)14(11)19-15(13-7-4-10-21-13)16-18-8-9-20(16)2/h3-10,15,19H,1-2H3. The summed E-state index contributed by atoms with van der Waals surface area (Å²) < 4.78 is 16.1. The highest BCUT2D eigenvalue weighted by atomic mass is 32.1. The van der Waals surface area contributed by atoms with Crippen LogP contribution in [0.15, 0.2) is 48.1 Å². The number of hydrogen-bond acceptors (Lipinski definition) is 3. The molecule has 3 nitrogen and oxygen atoms in total. The van der Waals surface area contributed by atoms with Crippen LogP contribution in [-0.2, 0) is 7.05 Å². The van der Waals surface area contributed by atoms with Crippen molar-refractivity contribution in [2.45, 2.75) is 13.0 Å². The van der Waals surface area contributed by atoms with Gasteiger partial charge >= 0.3 is 0 Å². The van der Waals surface area contributed by atoms with E-state index in [1.165, 1.54) is 6.07 Å². The number of nitrogens with one attached hydrogen (secondary N) is 1. The molecule has 0 aliphatic rings. The summed E-state index contributed by atoms with van der Waals surface area (Å²) in [6, 6.07) is 8.95. The summed E-state index contributed by atoms with van der Waals surface area (Å²) in [6.07, 6.45) is 3.65. The lowest BCUT2D eigenvalue weighted by Gasteiger charge is -2.20. The average Bonchev–Trinajstić information content (AvgIpc) is 3.11. The van der Waals surface area contributed by atoms with Gasteiger partial charge in [-0.3, -0.25) is 0 Å². The smallest absolute Gasteiger partial charge is 0.146 e. The average molecular weight is 301 g/mol. The first-order valence-corrected chi connectivity index (χ1v) is 7.57. The van der Waals surface area contributed by atoms with Crippen LogP contribution < -0.4 is 5.32 Å². The van der Waals surface area contributed by atoms with Crippen LogP contribution in [0.4, 0.5) is 10.1 Å². The highest BCUT2D eigenvalue weighted by Crippen LogP contribution is 2.31. The monoisotopic (exact) mass is 301 g/mol. The van der Waals surface area contributed by atoms with Crippen molar-refractivity contribution in [2.24, 2.45) is 7.05 Å². The Morgan fingerprint density at radius 1 is 1.29 bits per heavy atom. The van der Waals surface area contributed by atoms with Crippen LogP contribution >= 0.6 is 11.3 Å². The van der Waals surface area contributed by atoms with E-state index >= 15 is 0 Å². The summed E-state index contributed by atoms with van der Waals surface area (Å²) in [5, 5.41) is 5.33. The second-order valence-electron chi connectivity index (χ2n) is 4.92. The zero-order chi connectivity index (χ0) is 14.8. The van der Waals surface area contributed by atoms with Gasteiger partial charge in [0.25, 0.3) is 0 Å². The molecule has 1 aromatic carbocycles. The van der Waals surface area contributed by atoms with Crippen LogP contribution in [0, 0.1) is 12.7 Å². The van der Waals surface area contributed by atoms with Crippen LogP contribution in [0.2, 0.25) is 0 Å². The van der Waals surface area contributed by atoms with Crippen molar-refractivity contribution in [3.05, 3.63) is 70.2 Å². The molecule has 5 heteroatoms. The molecule has 1 N–H and O–H groups in total. The zero-order valence-electron chi connectivity index (χ0n) is 11.9. The number of anilines is 1. The van der Waals surface area contributed by atoms with Gasteiger partial charge in [-0.1, -0.05) is 18.2 Å². The molecule has 0 saturated carbocycles. The summed E-state index contributed by atoms with van der Waals surface area (Å²) in [5.41, 5.74) is 1.41. The van der Waals surface area contributed by atoms with Crippen molar-refractivity contribution in [3.8, 4) is 0 Å². The fraction of sp³-hybridized carbons (Fsp3) is 0.188. The number of halogens is 1. The lowest BCUT2D eigenvalue weighted by molar-refractivity contribution is 0.625. The van der Waals surface area contributed by atoms with Crippen molar-refractivity contribution >= 4 is 17.0 Å². The summed E-state index contributed by atoms with van der Waals surface area (Å²) in [7, 11) is 1.94. The van der Waals surface area contributed by atoms with Gasteiger partial charge < -0.3 is 9.88 Å². The molecule has 0 aliphatic heterocycles. The maximum absolute atomic E-state index is 14.1. The number of thiophene rings is 1. The fourth-order valence-corrected chi connectivity index (χ4v) is 3.10. The minimum atomic E-state index is -0.245. The Balaban J connectivity index is 2.03. The molecule has 0 amide bonds. The normalized spacial score (nSPS) is 12.3. The van der Waals surface area contributed by atoms with E-state index in [0.717, 1.165) is 16.3 Å². The number of hydrogen-bond donors (Lipinski definition) is 1. The third kappa shape index (κ3) is 2.69. The molecule has 0 spiro atoms. The first-order chi connectivity index (χ1) is 10.2. The van der Waals surface area contributed by atoms with Crippen molar-refractivity contribution in [1.82, 2.24) is 9.55 Å². The van der Waals surface area contributed by atoms with E-state index in [0.29, 0.717) is 5.69 Å². The molecule has 3 rings (SSSR count). The lowest BCUT2D eigenvalue weighted by Crippen LogP contribution is -2.17. The maximum Gasteiger partial charge on any atom is 0.146 e. The molecule has 21 heavy (non-hydrogen) atoms. The Hall–Kier alpha value is -2.14. The number of aromatic nitrogens is 2. The maximum atomic E-state index is 14.1. The van der Waals surface area contributed by atoms with E-state index in [9.17, 15) is 4.39 Å². The number of aryl methyl sites for hydroxylation is 2. The quantitative estimate of drug-likeness (QED) is 0.785. The first-order valence-electron chi connectivity index (χ1n) is 6.69. The predicted molar refractivity (Wildman–Crippen MR) is 84.1 cm³/mol. The highest BCUT2D eigenvalue weighted by molar-refractivity contribution is 7.10. The van der Waals surface area contributed by atoms with E-state index < -0.39 is 0 Å². The van der Waals surface area contributed by atoms with Crippen LogP contribution in [0.3, 0.4) is 0 Å². The molecule has 1 atom stereocenters. The Bertz CT molecular complexity index is 714. The molecule has 108 valence electrons. The molecule has 0 aliphatic carbocycles. The molecule has 0 bridgehead atoms. The molecule has 1 unspecified atom stereocenters.